The molecule has 0 radical (unpaired) electrons. The van der Waals surface area contributed by atoms with Crippen LogP contribution < -0.4 is 51.4 Å². The fourth-order valence-electron chi connectivity index (χ4n) is 0.529. The molecule has 0 aliphatic carbocycles. The van der Waals surface area contributed by atoms with Crippen molar-refractivity contribution in [3.05, 3.63) is 12.2 Å². The third kappa shape index (κ3) is 10.8. The topological polar surface area (TPSA) is 80.7 Å². The molecule has 7 heteroatoms. The second-order valence-electron chi connectivity index (χ2n) is 2.56. The van der Waals surface area contributed by atoms with Crippen molar-refractivity contribution in [1.82, 2.24) is 0 Å². The Balaban J connectivity index is -0.000000720. The van der Waals surface area contributed by atoms with Crippen LogP contribution in [0.3, 0.4) is 0 Å². The molecule has 0 aromatic rings. The molecule has 1 N–H and O–H groups in total. The summed E-state index contributed by atoms with van der Waals surface area (Å²) in [5, 5.41) is 0. The van der Waals surface area contributed by atoms with Crippen LogP contribution in [0.2, 0.25) is 0 Å². The smallest absolute Gasteiger partial charge is 1.00 e. The summed E-state index contributed by atoms with van der Waals surface area (Å²) in [5.41, 5.74) is 0.256. The molecular formula is C7H13KO5S. The van der Waals surface area contributed by atoms with Crippen molar-refractivity contribution in [2.45, 2.75) is 13.3 Å². The van der Waals surface area contributed by atoms with Gasteiger partial charge in [-0.2, -0.15) is 8.42 Å². The van der Waals surface area contributed by atoms with E-state index in [4.69, 9.17) is 4.55 Å². The molecule has 0 aromatic heterocycles. The average Bonchev–Trinajstić information content (AvgIpc) is 1.95. The Labute approximate surface area is 128 Å². The zero-order chi connectivity index (χ0) is 10.5. The van der Waals surface area contributed by atoms with E-state index in [2.05, 4.69) is 11.3 Å². The number of rotatable bonds is 5. The van der Waals surface area contributed by atoms with Crippen LogP contribution in [-0.2, 0) is 19.6 Å². The number of carbonyl (C=O) groups excluding carboxylic acids is 1. The van der Waals surface area contributed by atoms with E-state index in [0.717, 1.165) is 0 Å². The second-order valence-corrected chi connectivity index (χ2v) is 4.13. The van der Waals surface area contributed by atoms with Gasteiger partial charge in [0.25, 0.3) is 10.1 Å². The summed E-state index contributed by atoms with van der Waals surface area (Å²) in [6.45, 7) is 4.80. The SMILES string of the molecule is C=C(C)C(=O)OCCCS(=O)(=O)O.[H-].[K+]. The Bertz CT molecular complexity index is 301. The maximum atomic E-state index is 10.7. The molecule has 0 aliphatic heterocycles. The van der Waals surface area contributed by atoms with Crippen LogP contribution in [0.15, 0.2) is 12.2 Å². The zero-order valence-electron chi connectivity index (χ0n) is 9.32. The van der Waals surface area contributed by atoms with Gasteiger partial charge in [0.15, 0.2) is 0 Å². The van der Waals surface area contributed by atoms with Gasteiger partial charge in [0, 0.05) is 5.57 Å². The summed E-state index contributed by atoms with van der Waals surface area (Å²) in [5.74, 6) is -0.966. The summed E-state index contributed by atoms with van der Waals surface area (Å²) in [4.78, 5) is 10.7. The predicted octanol–water partition coefficient (Wildman–Crippen LogP) is -2.50. The van der Waals surface area contributed by atoms with E-state index in [1.54, 1.807) is 0 Å². The van der Waals surface area contributed by atoms with Crippen molar-refractivity contribution < 1.29 is 75.3 Å². The predicted molar refractivity (Wildman–Crippen MR) is 47.9 cm³/mol. The Hall–Kier alpha value is 0.756. The molecule has 0 fully saturated rings. The number of carbonyl (C=O) groups is 1. The summed E-state index contributed by atoms with van der Waals surface area (Å²) in [6.07, 6.45) is 0.0812. The molecule has 78 valence electrons. The van der Waals surface area contributed by atoms with Gasteiger partial charge in [0.2, 0.25) is 0 Å². The van der Waals surface area contributed by atoms with Crippen molar-refractivity contribution in [3.8, 4) is 0 Å². The molecule has 14 heavy (non-hydrogen) atoms. The molecule has 0 rings (SSSR count). The molecule has 0 heterocycles. The van der Waals surface area contributed by atoms with Gasteiger partial charge in [-0.1, -0.05) is 6.58 Å². The van der Waals surface area contributed by atoms with E-state index >= 15 is 0 Å². The van der Waals surface area contributed by atoms with Gasteiger partial charge >= 0.3 is 57.4 Å². The van der Waals surface area contributed by atoms with Crippen LogP contribution in [0.4, 0.5) is 0 Å². The molecule has 0 unspecified atom stereocenters. The van der Waals surface area contributed by atoms with Gasteiger partial charge < -0.3 is 6.16 Å². The van der Waals surface area contributed by atoms with Crippen molar-refractivity contribution in [2.75, 3.05) is 12.4 Å². The largest absolute Gasteiger partial charge is 1.00 e. The first kappa shape index (κ1) is 17.2. The Morgan fingerprint density at radius 3 is 2.43 bits per heavy atom. The van der Waals surface area contributed by atoms with Crippen LogP contribution in [0.5, 0.6) is 0 Å². The monoisotopic (exact) mass is 248 g/mol. The first-order valence-corrected chi connectivity index (χ1v) is 5.21. The fraction of sp³-hybridized carbons (Fsp3) is 0.571. The van der Waals surface area contributed by atoms with Gasteiger partial charge in [-0.15, -0.1) is 0 Å². The van der Waals surface area contributed by atoms with E-state index in [1.165, 1.54) is 6.92 Å². The minimum Gasteiger partial charge on any atom is -1.00 e. The molecule has 0 bridgehead atoms. The Morgan fingerprint density at radius 1 is 1.57 bits per heavy atom. The molecule has 5 nitrogen and oxygen atoms in total. The number of hydrogen-bond donors (Lipinski definition) is 1. The minimum absolute atomic E-state index is 0. The first-order valence-electron chi connectivity index (χ1n) is 3.61. The second kappa shape index (κ2) is 7.97. The average molecular weight is 248 g/mol. The van der Waals surface area contributed by atoms with E-state index in [9.17, 15) is 13.2 Å². The third-order valence-electron chi connectivity index (χ3n) is 1.13. The molecular weight excluding hydrogens is 235 g/mol. The number of ether oxygens (including phenoxy) is 1. The van der Waals surface area contributed by atoms with Crippen LogP contribution in [0.1, 0.15) is 14.8 Å². The van der Waals surface area contributed by atoms with Gasteiger partial charge in [0.05, 0.1) is 12.4 Å². The molecule has 0 saturated carbocycles. The van der Waals surface area contributed by atoms with Crippen molar-refractivity contribution in [3.63, 3.8) is 0 Å². The van der Waals surface area contributed by atoms with Gasteiger partial charge in [-0.3, -0.25) is 4.55 Å². The Kier molecular flexibility index (Phi) is 9.77. The molecule has 0 atom stereocenters. The summed E-state index contributed by atoms with van der Waals surface area (Å²) in [7, 11) is -3.96. The molecule has 0 saturated heterocycles. The molecule has 0 amide bonds. The molecule has 0 spiro atoms. The summed E-state index contributed by atoms with van der Waals surface area (Å²) < 4.78 is 33.3. The van der Waals surface area contributed by atoms with E-state index < -0.39 is 21.8 Å². The standard InChI is InChI=1S/C7H12O5S.K.H/c1-6(2)7(8)12-4-3-5-13(9,10)11;;/h1,3-5H2,2H3,(H,9,10,11);;/q;+1;-1. The Morgan fingerprint density at radius 2 is 2.07 bits per heavy atom. The van der Waals surface area contributed by atoms with Gasteiger partial charge in [-0.05, 0) is 13.3 Å². The van der Waals surface area contributed by atoms with Crippen molar-refractivity contribution in [2.24, 2.45) is 0 Å². The minimum atomic E-state index is -3.96. The van der Waals surface area contributed by atoms with E-state index in [0.29, 0.717) is 0 Å². The van der Waals surface area contributed by atoms with Crippen molar-refractivity contribution in [1.29, 1.82) is 0 Å². The van der Waals surface area contributed by atoms with Crippen LogP contribution in [0, 0.1) is 0 Å². The first-order chi connectivity index (χ1) is 5.83. The summed E-state index contributed by atoms with van der Waals surface area (Å²) in [6, 6.07) is 0. The van der Waals surface area contributed by atoms with E-state index in [-0.39, 0.29) is 71.4 Å². The van der Waals surface area contributed by atoms with Crippen LogP contribution in [-0.4, -0.2) is 31.3 Å². The molecule has 0 aliphatic rings. The maximum Gasteiger partial charge on any atom is 1.00 e. The van der Waals surface area contributed by atoms with Crippen molar-refractivity contribution >= 4 is 16.1 Å². The van der Waals surface area contributed by atoms with Gasteiger partial charge in [0.1, 0.15) is 0 Å². The molecule has 0 aromatic carbocycles. The quantitative estimate of drug-likeness (QED) is 0.191. The summed E-state index contributed by atoms with van der Waals surface area (Å²) >= 11 is 0. The normalized spacial score (nSPS) is 10.1. The van der Waals surface area contributed by atoms with E-state index in [1.807, 2.05) is 0 Å². The van der Waals surface area contributed by atoms with Gasteiger partial charge in [-0.25, -0.2) is 4.79 Å². The van der Waals surface area contributed by atoms with Crippen LogP contribution >= 0.6 is 0 Å². The van der Waals surface area contributed by atoms with Crippen LogP contribution in [0.25, 0.3) is 0 Å². The number of hydrogen-bond acceptors (Lipinski definition) is 4. The fourth-order valence-corrected chi connectivity index (χ4v) is 1.01. The zero-order valence-corrected chi connectivity index (χ0v) is 12.3. The third-order valence-corrected chi connectivity index (χ3v) is 1.93. The maximum absolute atomic E-state index is 10.7. The number of esters is 1.